The summed E-state index contributed by atoms with van der Waals surface area (Å²) in [6.07, 6.45) is 50.3. The molecule has 8 nitrogen and oxygen atoms in total. The Hall–Kier alpha value is -3.49. The van der Waals surface area contributed by atoms with Crippen molar-refractivity contribution in [3.05, 3.63) is 85.1 Å². The van der Waals surface area contributed by atoms with Crippen molar-refractivity contribution < 1.29 is 38.2 Å². The molecule has 0 saturated heterocycles. The Bertz CT molecular complexity index is 1200. The number of carboxylic acids is 1. The Kier molecular flexibility index (Phi) is 36.9. The van der Waals surface area contributed by atoms with E-state index in [0.717, 1.165) is 64.2 Å². The molecule has 0 amide bonds. The number of likely N-dealkylation sites (N-methyl/N-ethyl adjacent to an activating group) is 1. The van der Waals surface area contributed by atoms with Gasteiger partial charge in [0.1, 0.15) is 12.6 Å². The first-order valence-electron chi connectivity index (χ1n) is 22.2. The van der Waals surface area contributed by atoms with Gasteiger partial charge in [0.25, 0.3) is 0 Å². The Labute approximate surface area is 348 Å². The van der Waals surface area contributed by atoms with Crippen molar-refractivity contribution in [2.75, 3.05) is 41.0 Å². The lowest BCUT2D eigenvalue weighted by atomic mass is 10.1. The minimum absolute atomic E-state index is 0.0178. The maximum absolute atomic E-state index is 12.7. The second kappa shape index (κ2) is 39.3. The fraction of sp³-hybridized carbons (Fsp3) is 0.653. The molecular formula is C49H81NO7. The van der Waals surface area contributed by atoms with Gasteiger partial charge in [-0.1, -0.05) is 163 Å². The molecule has 0 heterocycles. The lowest BCUT2D eigenvalue weighted by molar-refractivity contribution is -0.889. The van der Waals surface area contributed by atoms with Crippen molar-refractivity contribution in [1.29, 1.82) is 0 Å². The Morgan fingerprint density at radius 2 is 1.00 bits per heavy atom. The molecule has 0 fully saturated rings. The first-order chi connectivity index (χ1) is 27.6. The van der Waals surface area contributed by atoms with Gasteiger partial charge in [0, 0.05) is 19.3 Å². The number of quaternary nitrogens is 1. The van der Waals surface area contributed by atoms with Crippen LogP contribution >= 0.6 is 0 Å². The topological polar surface area (TPSA) is 102 Å². The molecule has 57 heavy (non-hydrogen) atoms. The van der Waals surface area contributed by atoms with Gasteiger partial charge in [-0.15, -0.1) is 0 Å². The summed E-state index contributed by atoms with van der Waals surface area (Å²) in [7, 11) is 5.38. The SMILES string of the molecule is CC/C=C/C=C/C=C/C=C/C=C/C=C/CCCCCC(=O)OCC(COCCC(C(=O)[O-])[N+](C)(C)C)OC(=O)CCCCCCC/C=C/CCCCCCCCC. The number of hydrogen-bond acceptors (Lipinski definition) is 7. The van der Waals surface area contributed by atoms with E-state index in [2.05, 4.69) is 38.2 Å². The smallest absolute Gasteiger partial charge is 0.306 e. The number of aliphatic carboxylic acids is 1. The lowest BCUT2D eigenvalue weighted by Crippen LogP contribution is -2.55. The minimum Gasteiger partial charge on any atom is -0.544 e. The number of rotatable bonds is 38. The van der Waals surface area contributed by atoms with Crippen LogP contribution < -0.4 is 5.11 Å². The lowest BCUT2D eigenvalue weighted by Gasteiger charge is -2.34. The molecule has 0 aromatic rings. The molecule has 0 rings (SSSR count). The molecule has 0 aromatic carbocycles. The predicted octanol–water partition coefficient (Wildman–Crippen LogP) is 10.8. The van der Waals surface area contributed by atoms with Crippen LogP contribution in [0.25, 0.3) is 0 Å². The van der Waals surface area contributed by atoms with E-state index >= 15 is 0 Å². The molecule has 324 valence electrons. The molecule has 0 aliphatic rings. The van der Waals surface area contributed by atoms with Crippen LogP contribution in [0.1, 0.15) is 155 Å². The third kappa shape index (κ3) is 37.8. The van der Waals surface area contributed by atoms with Gasteiger partial charge in [-0.25, -0.2) is 0 Å². The predicted molar refractivity (Wildman–Crippen MR) is 235 cm³/mol. The van der Waals surface area contributed by atoms with Gasteiger partial charge in [-0.2, -0.15) is 0 Å². The highest BCUT2D eigenvalue weighted by atomic mass is 16.6. The van der Waals surface area contributed by atoms with Crippen molar-refractivity contribution in [1.82, 2.24) is 0 Å². The number of unbranched alkanes of at least 4 members (excludes halogenated alkanes) is 15. The van der Waals surface area contributed by atoms with Crippen LogP contribution in [0, 0.1) is 0 Å². The molecule has 2 atom stereocenters. The summed E-state index contributed by atoms with van der Waals surface area (Å²) in [5.41, 5.74) is 0. The second-order valence-corrected chi connectivity index (χ2v) is 15.7. The zero-order valence-corrected chi connectivity index (χ0v) is 36.7. The zero-order valence-electron chi connectivity index (χ0n) is 36.7. The number of carbonyl (C=O) groups is 3. The number of carboxylic acid groups (broad SMARTS) is 1. The van der Waals surface area contributed by atoms with Gasteiger partial charge in [0.2, 0.25) is 0 Å². The first-order valence-corrected chi connectivity index (χ1v) is 22.2. The van der Waals surface area contributed by atoms with E-state index in [9.17, 15) is 19.5 Å². The van der Waals surface area contributed by atoms with E-state index in [1.54, 1.807) is 21.1 Å². The maximum Gasteiger partial charge on any atom is 0.306 e. The van der Waals surface area contributed by atoms with Gasteiger partial charge in [0.05, 0.1) is 40.3 Å². The molecular weight excluding hydrogens is 715 g/mol. The molecule has 2 unspecified atom stereocenters. The average molecular weight is 796 g/mol. The molecule has 0 bridgehead atoms. The average Bonchev–Trinajstić information content (AvgIpc) is 3.17. The Morgan fingerprint density at radius 1 is 0.544 bits per heavy atom. The van der Waals surface area contributed by atoms with Crippen LogP contribution in [0.5, 0.6) is 0 Å². The van der Waals surface area contributed by atoms with Gasteiger partial charge >= 0.3 is 11.9 Å². The molecule has 8 heteroatoms. The van der Waals surface area contributed by atoms with Crippen molar-refractivity contribution in [2.24, 2.45) is 0 Å². The number of nitrogens with zero attached hydrogens (tertiary/aromatic N) is 1. The summed E-state index contributed by atoms with van der Waals surface area (Å²) in [6.45, 7) is 4.44. The van der Waals surface area contributed by atoms with Crippen molar-refractivity contribution in [2.45, 2.75) is 167 Å². The molecule has 0 spiro atoms. The first kappa shape index (κ1) is 53.5. The van der Waals surface area contributed by atoms with Gasteiger partial charge in [-0.3, -0.25) is 9.59 Å². The summed E-state index contributed by atoms with van der Waals surface area (Å²) < 4.78 is 17.1. The van der Waals surface area contributed by atoms with E-state index in [1.807, 2.05) is 60.8 Å². The van der Waals surface area contributed by atoms with Crippen molar-refractivity contribution >= 4 is 17.9 Å². The van der Waals surface area contributed by atoms with Crippen LogP contribution in [0.15, 0.2) is 85.1 Å². The number of ether oxygens (including phenoxy) is 3. The normalized spacial score (nSPS) is 13.8. The van der Waals surface area contributed by atoms with Crippen LogP contribution in [0.2, 0.25) is 0 Å². The van der Waals surface area contributed by atoms with Gasteiger partial charge in [0.15, 0.2) is 6.10 Å². The standard InChI is InChI=1S/C49H81NO7/c1-6-8-10-12-14-16-18-20-22-24-26-27-29-31-33-35-37-39-47(51)56-44-45(43-55-42-41-46(49(53)54)50(3,4)5)57-48(52)40-38-36-34-32-30-28-25-23-21-19-17-15-13-11-9-7-2/h8,10,12,14,16,18,20,22-27,29,45-46H,6-7,9,11,13,15,17,19,21,28,30-44H2,1-5H3/b10-8+,14-12+,18-16+,22-20+,25-23+,26-24+,29-27+. The van der Waals surface area contributed by atoms with E-state index in [1.165, 1.54) is 51.4 Å². The molecule has 0 aliphatic heterocycles. The number of allylic oxidation sites excluding steroid dienone is 14. The van der Waals surface area contributed by atoms with Gasteiger partial charge < -0.3 is 28.6 Å². The minimum atomic E-state index is -1.14. The van der Waals surface area contributed by atoms with Gasteiger partial charge in [-0.05, 0) is 57.8 Å². The van der Waals surface area contributed by atoms with Crippen molar-refractivity contribution in [3.63, 3.8) is 0 Å². The summed E-state index contributed by atoms with van der Waals surface area (Å²) in [6, 6.07) is -0.738. The second-order valence-electron chi connectivity index (χ2n) is 15.7. The summed E-state index contributed by atoms with van der Waals surface area (Å²) in [4.78, 5) is 36.9. The number of carbonyl (C=O) groups excluding carboxylic acids is 3. The monoisotopic (exact) mass is 796 g/mol. The summed E-state index contributed by atoms with van der Waals surface area (Å²) >= 11 is 0. The fourth-order valence-electron chi connectivity index (χ4n) is 5.98. The Balaban J connectivity index is 4.47. The highest BCUT2D eigenvalue weighted by molar-refractivity contribution is 5.70. The molecule has 0 saturated carbocycles. The summed E-state index contributed by atoms with van der Waals surface area (Å²) in [5, 5.41) is 11.6. The highest BCUT2D eigenvalue weighted by Crippen LogP contribution is 2.13. The van der Waals surface area contributed by atoms with Crippen LogP contribution in [0.4, 0.5) is 0 Å². The van der Waals surface area contributed by atoms with Crippen LogP contribution in [-0.4, -0.2) is 75.5 Å². The largest absolute Gasteiger partial charge is 0.544 e. The maximum atomic E-state index is 12.7. The third-order valence-electron chi connectivity index (χ3n) is 9.43. The van der Waals surface area contributed by atoms with E-state index in [4.69, 9.17) is 14.2 Å². The van der Waals surface area contributed by atoms with Crippen LogP contribution in [-0.2, 0) is 28.6 Å². The summed E-state index contributed by atoms with van der Waals surface area (Å²) in [5.74, 6) is -1.81. The molecule has 0 aromatic heterocycles. The van der Waals surface area contributed by atoms with E-state index < -0.39 is 18.1 Å². The third-order valence-corrected chi connectivity index (χ3v) is 9.43. The van der Waals surface area contributed by atoms with E-state index in [0.29, 0.717) is 19.3 Å². The van der Waals surface area contributed by atoms with E-state index in [-0.39, 0.29) is 42.7 Å². The van der Waals surface area contributed by atoms with Crippen molar-refractivity contribution in [3.8, 4) is 0 Å². The fourth-order valence-corrected chi connectivity index (χ4v) is 5.98. The number of esters is 2. The quantitative estimate of drug-likeness (QED) is 0.0202. The van der Waals surface area contributed by atoms with Crippen LogP contribution in [0.3, 0.4) is 0 Å². The highest BCUT2D eigenvalue weighted by Gasteiger charge is 2.25. The molecule has 0 aliphatic carbocycles. The molecule has 0 N–H and O–H groups in total. The Morgan fingerprint density at radius 3 is 1.53 bits per heavy atom. The number of hydrogen-bond donors (Lipinski definition) is 0. The molecule has 0 radical (unpaired) electrons. The zero-order chi connectivity index (χ0) is 42.1.